The summed E-state index contributed by atoms with van der Waals surface area (Å²) in [6.07, 6.45) is 4.02. The van der Waals surface area contributed by atoms with E-state index < -0.39 is 0 Å². The molecule has 0 fully saturated rings. The molecule has 0 aliphatic rings. The largest absolute Gasteiger partial charge is 0.345 e. The van der Waals surface area contributed by atoms with Gasteiger partial charge in [-0.3, -0.25) is 14.6 Å². The Hall–Kier alpha value is -2.21. The van der Waals surface area contributed by atoms with Crippen molar-refractivity contribution in [1.82, 2.24) is 9.88 Å². The SMILES string of the molecule is Cc1ccc(NC(=O)CC(=O)N(C)CCc2ccncc2)cc1Br. The van der Waals surface area contributed by atoms with Crippen LogP contribution in [-0.2, 0) is 16.0 Å². The van der Waals surface area contributed by atoms with Crippen LogP contribution in [0.4, 0.5) is 5.69 Å². The molecule has 0 aliphatic heterocycles. The Kier molecular flexibility index (Phi) is 6.49. The number of rotatable bonds is 6. The summed E-state index contributed by atoms with van der Waals surface area (Å²) in [4.78, 5) is 29.7. The number of aromatic nitrogens is 1. The first kappa shape index (κ1) is 18.1. The second-order valence-corrected chi connectivity index (χ2v) is 6.46. The van der Waals surface area contributed by atoms with Crippen LogP contribution in [0.3, 0.4) is 0 Å². The van der Waals surface area contributed by atoms with E-state index in [-0.39, 0.29) is 18.2 Å². The van der Waals surface area contributed by atoms with Crippen LogP contribution >= 0.6 is 15.9 Å². The van der Waals surface area contributed by atoms with E-state index in [0.717, 1.165) is 22.0 Å². The zero-order chi connectivity index (χ0) is 17.5. The van der Waals surface area contributed by atoms with Gasteiger partial charge in [0.25, 0.3) is 0 Å². The molecule has 5 nitrogen and oxygen atoms in total. The van der Waals surface area contributed by atoms with E-state index >= 15 is 0 Å². The third-order valence-electron chi connectivity index (χ3n) is 3.68. The summed E-state index contributed by atoms with van der Waals surface area (Å²) in [7, 11) is 1.71. The second kappa shape index (κ2) is 8.59. The van der Waals surface area contributed by atoms with Crippen LogP contribution in [0.25, 0.3) is 0 Å². The third-order valence-corrected chi connectivity index (χ3v) is 4.53. The molecule has 1 aromatic carbocycles. The van der Waals surface area contributed by atoms with Gasteiger partial charge in [0.05, 0.1) is 0 Å². The molecule has 1 N–H and O–H groups in total. The van der Waals surface area contributed by atoms with Gasteiger partial charge in [0.15, 0.2) is 0 Å². The van der Waals surface area contributed by atoms with Crippen molar-refractivity contribution in [3.05, 3.63) is 58.3 Å². The zero-order valence-corrected chi connectivity index (χ0v) is 15.3. The fraction of sp³-hybridized carbons (Fsp3) is 0.278. The minimum atomic E-state index is -0.313. The summed E-state index contributed by atoms with van der Waals surface area (Å²) in [6.45, 7) is 2.53. The number of carbonyl (C=O) groups is 2. The number of nitrogens with one attached hydrogen (secondary N) is 1. The van der Waals surface area contributed by atoms with Crippen LogP contribution in [0.1, 0.15) is 17.5 Å². The van der Waals surface area contributed by atoms with E-state index in [1.165, 1.54) is 0 Å². The van der Waals surface area contributed by atoms with E-state index in [9.17, 15) is 9.59 Å². The first-order chi connectivity index (χ1) is 11.5. The predicted octanol–water partition coefficient (Wildman–Crippen LogP) is 3.18. The molecule has 0 unspecified atom stereocenters. The van der Waals surface area contributed by atoms with Gasteiger partial charge in [-0.15, -0.1) is 0 Å². The molecule has 0 aliphatic carbocycles. The fourth-order valence-electron chi connectivity index (χ4n) is 2.12. The number of pyridine rings is 1. The Labute approximate surface area is 150 Å². The minimum absolute atomic E-state index is 0.168. The molecule has 0 saturated heterocycles. The highest BCUT2D eigenvalue weighted by Crippen LogP contribution is 2.20. The van der Waals surface area contributed by atoms with Crippen LogP contribution in [0, 0.1) is 6.92 Å². The summed E-state index contributed by atoms with van der Waals surface area (Å²) in [5.74, 6) is -0.515. The number of hydrogen-bond donors (Lipinski definition) is 1. The summed E-state index contributed by atoms with van der Waals surface area (Å²) >= 11 is 3.42. The first-order valence-corrected chi connectivity index (χ1v) is 8.44. The lowest BCUT2D eigenvalue weighted by atomic mass is 10.2. The summed E-state index contributed by atoms with van der Waals surface area (Å²) < 4.78 is 0.918. The molecule has 1 aromatic heterocycles. The topological polar surface area (TPSA) is 62.3 Å². The van der Waals surface area contributed by atoms with Gasteiger partial charge in [0, 0.05) is 36.1 Å². The summed E-state index contributed by atoms with van der Waals surface area (Å²) in [6, 6.07) is 9.38. The van der Waals surface area contributed by atoms with Crippen molar-refractivity contribution in [2.75, 3.05) is 18.9 Å². The van der Waals surface area contributed by atoms with Crippen LogP contribution in [0.2, 0.25) is 0 Å². The minimum Gasteiger partial charge on any atom is -0.345 e. The lowest BCUT2D eigenvalue weighted by Gasteiger charge is -2.17. The van der Waals surface area contributed by atoms with Crippen molar-refractivity contribution in [2.24, 2.45) is 0 Å². The smallest absolute Gasteiger partial charge is 0.233 e. The van der Waals surface area contributed by atoms with Crippen molar-refractivity contribution in [2.45, 2.75) is 19.8 Å². The molecular formula is C18H20BrN3O2. The maximum atomic E-state index is 12.1. The van der Waals surface area contributed by atoms with Crippen molar-refractivity contribution < 1.29 is 9.59 Å². The van der Waals surface area contributed by atoms with Crippen molar-refractivity contribution in [3.63, 3.8) is 0 Å². The number of aryl methyl sites for hydroxylation is 1. The quantitative estimate of drug-likeness (QED) is 0.771. The predicted molar refractivity (Wildman–Crippen MR) is 97.7 cm³/mol. The molecule has 24 heavy (non-hydrogen) atoms. The average molecular weight is 390 g/mol. The third kappa shape index (κ3) is 5.45. The highest BCUT2D eigenvalue weighted by Gasteiger charge is 2.14. The van der Waals surface area contributed by atoms with Gasteiger partial charge >= 0.3 is 0 Å². The molecular weight excluding hydrogens is 370 g/mol. The monoisotopic (exact) mass is 389 g/mol. The second-order valence-electron chi connectivity index (χ2n) is 5.61. The standard InChI is InChI=1S/C18H20BrN3O2/c1-13-3-4-15(11-16(13)19)21-17(23)12-18(24)22(2)10-7-14-5-8-20-9-6-14/h3-6,8-9,11H,7,10,12H2,1-2H3,(H,21,23). The Morgan fingerprint density at radius 1 is 1.21 bits per heavy atom. The van der Waals surface area contributed by atoms with Crippen LogP contribution in [0.5, 0.6) is 0 Å². The van der Waals surface area contributed by atoms with Gasteiger partial charge < -0.3 is 10.2 Å². The van der Waals surface area contributed by atoms with Gasteiger partial charge in [-0.2, -0.15) is 0 Å². The lowest BCUT2D eigenvalue weighted by molar-refractivity contribution is -0.133. The van der Waals surface area contributed by atoms with E-state index in [0.29, 0.717) is 12.2 Å². The fourth-order valence-corrected chi connectivity index (χ4v) is 2.50. The number of anilines is 1. The number of amides is 2. The molecule has 0 atom stereocenters. The van der Waals surface area contributed by atoms with E-state index in [4.69, 9.17) is 0 Å². The van der Waals surface area contributed by atoms with Gasteiger partial charge in [0.1, 0.15) is 6.42 Å². The van der Waals surface area contributed by atoms with E-state index in [1.54, 1.807) is 24.3 Å². The van der Waals surface area contributed by atoms with Crippen molar-refractivity contribution >= 4 is 33.4 Å². The highest BCUT2D eigenvalue weighted by molar-refractivity contribution is 9.10. The van der Waals surface area contributed by atoms with Gasteiger partial charge in [0.2, 0.25) is 11.8 Å². The molecule has 1 heterocycles. The van der Waals surface area contributed by atoms with E-state index in [2.05, 4.69) is 26.2 Å². The van der Waals surface area contributed by atoms with E-state index in [1.807, 2.05) is 37.3 Å². The van der Waals surface area contributed by atoms with Crippen LogP contribution in [-0.4, -0.2) is 35.3 Å². The number of likely N-dealkylation sites (N-methyl/N-ethyl adjacent to an activating group) is 1. The van der Waals surface area contributed by atoms with Crippen LogP contribution in [0.15, 0.2) is 47.2 Å². The molecule has 0 saturated carbocycles. The van der Waals surface area contributed by atoms with Gasteiger partial charge in [-0.25, -0.2) is 0 Å². The Morgan fingerprint density at radius 2 is 1.92 bits per heavy atom. The van der Waals surface area contributed by atoms with Crippen LogP contribution < -0.4 is 5.32 Å². The normalized spacial score (nSPS) is 10.3. The maximum Gasteiger partial charge on any atom is 0.233 e. The molecule has 2 rings (SSSR count). The summed E-state index contributed by atoms with van der Waals surface area (Å²) in [5, 5.41) is 2.74. The first-order valence-electron chi connectivity index (χ1n) is 7.64. The molecule has 0 bridgehead atoms. The molecule has 2 aromatic rings. The average Bonchev–Trinajstić information content (AvgIpc) is 2.56. The molecule has 0 spiro atoms. The number of benzene rings is 1. The van der Waals surface area contributed by atoms with Gasteiger partial charge in [-0.05, 0) is 48.7 Å². The number of carbonyl (C=O) groups excluding carboxylic acids is 2. The zero-order valence-electron chi connectivity index (χ0n) is 13.8. The number of hydrogen-bond acceptors (Lipinski definition) is 3. The molecule has 6 heteroatoms. The lowest BCUT2D eigenvalue weighted by Crippen LogP contribution is -2.32. The number of halogens is 1. The Balaban J connectivity index is 1.81. The number of nitrogens with zero attached hydrogens (tertiary/aromatic N) is 2. The highest BCUT2D eigenvalue weighted by atomic mass is 79.9. The Morgan fingerprint density at radius 3 is 2.58 bits per heavy atom. The maximum absolute atomic E-state index is 12.1. The molecule has 126 valence electrons. The summed E-state index contributed by atoms with van der Waals surface area (Å²) in [5.41, 5.74) is 2.86. The van der Waals surface area contributed by atoms with Crippen molar-refractivity contribution in [3.8, 4) is 0 Å². The molecule has 0 radical (unpaired) electrons. The Bertz CT molecular complexity index is 719. The van der Waals surface area contributed by atoms with Gasteiger partial charge in [-0.1, -0.05) is 22.0 Å². The molecule has 2 amide bonds. The van der Waals surface area contributed by atoms with Crippen molar-refractivity contribution in [1.29, 1.82) is 0 Å².